The second-order valence-corrected chi connectivity index (χ2v) is 9.59. The number of aliphatic hydroxyl groups excluding tert-OH is 1. The van der Waals surface area contributed by atoms with Crippen LogP contribution in [0.15, 0.2) is 23.1 Å². The maximum atomic E-state index is 11.9. The van der Waals surface area contributed by atoms with Gasteiger partial charge < -0.3 is 15.3 Å². The quantitative estimate of drug-likeness (QED) is 0.181. The van der Waals surface area contributed by atoms with Crippen molar-refractivity contribution in [3.05, 3.63) is 18.2 Å². The van der Waals surface area contributed by atoms with Crippen LogP contribution < -0.4 is 0 Å². The van der Waals surface area contributed by atoms with Crippen LogP contribution in [0, 0.1) is 0 Å². The fourth-order valence-corrected chi connectivity index (χ4v) is 4.54. The molecule has 5 nitrogen and oxygen atoms in total. The van der Waals surface area contributed by atoms with Gasteiger partial charge in [-0.3, -0.25) is 8.78 Å². The summed E-state index contributed by atoms with van der Waals surface area (Å²) in [7, 11) is -1.49. The van der Waals surface area contributed by atoms with Gasteiger partial charge >= 0.3 is 0 Å². The summed E-state index contributed by atoms with van der Waals surface area (Å²) in [6.07, 6.45) is 22.0. The number of nitrogens with zero attached hydrogens (tertiary/aromatic N) is 1. The van der Waals surface area contributed by atoms with Gasteiger partial charge in [0.15, 0.2) is 5.88 Å². The smallest absolute Gasteiger partial charge is 0.210 e. The molecule has 1 heterocycles. The van der Waals surface area contributed by atoms with Crippen LogP contribution in [0.1, 0.15) is 96.8 Å². The largest absolute Gasteiger partial charge is 0.494 e. The number of rotatable bonds is 19. The zero-order chi connectivity index (χ0) is 22.0. The zero-order valence-electron chi connectivity index (χ0n) is 18.9. The fraction of sp³-hybridized carbons (Fsp3) is 0.750. The molecular formula is C24H43NO4S. The minimum absolute atomic E-state index is 0.0608. The van der Waals surface area contributed by atoms with Crippen LogP contribution in [-0.2, 0) is 17.3 Å². The molecule has 0 bridgehead atoms. The first-order valence-corrected chi connectivity index (χ1v) is 13.2. The van der Waals surface area contributed by atoms with Crippen LogP contribution in [0.2, 0.25) is 0 Å². The van der Waals surface area contributed by atoms with E-state index < -0.39 is 10.8 Å². The van der Waals surface area contributed by atoms with Gasteiger partial charge in [0.25, 0.3) is 0 Å². The Hall–Kier alpha value is -1.27. The molecule has 0 saturated carbocycles. The average Bonchev–Trinajstić information content (AvgIpc) is 3.01. The van der Waals surface area contributed by atoms with Crippen molar-refractivity contribution < 1.29 is 19.5 Å². The molecule has 0 spiro atoms. The third kappa shape index (κ3) is 11.2. The summed E-state index contributed by atoms with van der Waals surface area (Å²) in [4.78, 5) is 0.200. The maximum Gasteiger partial charge on any atom is 0.210 e. The molecule has 3 N–H and O–H groups in total. The molecule has 6 heteroatoms. The first kappa shape index (κ1) is 26.8. The SMILES string of the molecule is CCCCCCCCC=CCCCCCCCCn1c(O)cc(S(=O)CCO)c1O. The van der Waals surface area contributed by atoms with E-state index in [1.165, 1.54) is 81.3 Å². The van der Waals surface area contributed by atoms with E-state index in [1.54, 1.807) is 0 Å². The van der Waals surface area contributed by atoms with Crippen molar-refractivity contribution in [2.45, 2.75) is 108 Å². The fourth-order valence-electron chi connectivity index (χ4n) is 3.60. The highest BCUT2D eigenvalue weighted by atomic mass is 32.2. The molecule has 30 heavy (non-hydrogen) atoms. The predicted molar refractivity (Wildman–Crippen MR) is 126 cm³/mol. The molecule has 1 atom stereocenters. The summed E-state index contributed by atoms with van der Waals surface area (Å²) in [6, 6.07) is 1.33. The van der Waals surface area contributed by atoms with Gasteiger partial charge in [0.2, 0.25) is 5.88 Å². The van der Waals surface area contributed by atoms with Crippen molar-refractivity contribution in [1.82, 2.24) is 4.57 Å². The van der Waals surface area contributed by atoms with Crippen LogP contribution in [-0.4, -0.2) is 36.5 Å². The summed E-state index contributed by atoms with van der Waals surface area (Å²) < 4.78 is 13.3. The highest BCUT2D eigenvalue weighted by Gasteiger charge is 2.18. The Morgan fingerprint density at radius 1 is 0.867 bits per heavy atom. The third-order valence-electron chi connectivity index (χ3n) is 5.43. The molecule has 0 aliphatic heterocycles. The molecule has 1 aromatic heterocycles. The number of aliphatic hydroxyl groups is 1. The third-order valence-corrected chi connectivity index (χ3v) is 6.77. The first-order valence-electron chi connectivity index (χ1n) is 11.9. The monoisotopic (exact) mass is 441 g/mol. The van der Waals surface area contributed by atoms with E-state index >= 15 is 0 Å². The van der Waals surface area contributed by atoms with E-state index in [0.717, 1.165) is 19.3 Å². The second kappa shape index (κ2) is 17.4. The molecule has 1 aromatic rings. The Kier molecular flexibility index (Phi) is 15.5. The van der Waals surface area contributed by atoms with Crippen LogP contribution in [0.25, 0.3) is 0 Å². The first-order chi connectivity index (χ1) is 14.6. The van der Waals surface area contributed by atoms with E-state index in [9.17, 15) is 14.4 Å². The number of aromatic hydroxyl groups is 2. The lowest BCUT2D eigenvalue weighted by atomic mass is 10.1. The van der Waals surface area contributed by atoms with Crippen LogP contribution in [0.3, 0.4) is 0 Å². The minimum atomic E-state index is -1.49. The lowest BCUT2D eigenvalue weighted by molar-refractivity contribution is 0.321. The van der Waals surface area contributed by atoms with E-state index in [1.807, 2.05) is 0 Å². The van der Waals surface area contributed by atoms with Crippen molar-refractivity contribution in [1.29, 1.82) is 0 Å². The number of unbranched alkanes of at least 4 members (excludes halogenated alkanes) is 12. The highest BCUT2D eigenvalue weighted by Crippen LogP contribution is 2.30. The molecule has 0 amide bonds. The van der Waals surface area contributed by atoms with Gasteiger partial charge in [-0.25, -0.2) is 0 Å². The Labute approximate surface area is 185 Å². The molecular weight excluding hydrogens is 398 g/mol. The topological polar surface area (TPSA) is 82.7 Å². The van der Waals surface area contributed by atoms with Crippen molar-refractivity contribution in [2.75, 3.05) is 12.4 Å². The molecule has 0 aliphatic rings. The molecule has 0 saturated heterocycles. The zero-order valence-corrected chi connectivity index (χ0v) is 19.7. The van der Waals surface area contributed by atoms with Gasteiger partial charge in [-0.2, -0.15) is 0 Å². The van der Waals surface area contributed by atoms with Gasteiger partial charge in [0, 0.05) is 12.6 Å². The van der Waals surface area contributed by atoms with Gasteiger partial charge in [-0.1, -0.05) is 76.9 Å². The van der Waals surface area contributed by atoms with Gasteiger partial charge in [0.1, 0.15) is 4.90 Å². The van der Waals surface area contributed by atoms with Crippen LogP contribution in [0.4, 0.5) is 0 Å². The van der Waals surface area contributed by atoms with Crippen LogP contribution >= 0.6 is 0 Å². The van der Waals surface area contributed by atoms with E-state index in [-0.39, 0.29) is 29.0 Å². The van der Waals surface area contributed by atoms with E-state index in [2.05, 4.69) is 19.1 Å². The minimum Gasteiger partial charge on any atom is -0.494 e. The average molecular weight is 442 g/mol. The van der Waals surface area contributed by atoms with Gasteiger partial charge in [0.05, 0.1) is 23.2 Å². The molecule has 1 unspecified atom stereocenters. The Bertz CT molecular complexity index is 613. The molecule has 174 valence electrons. The lowest BCUT2D eigenvalue weighted by Gasteiger charge is -2.07. The number of hydrogen-bond donors (Lipinski definition) is 3. The Morgan fingerprint density at radius 3 is 1.97 bits per heavy atom. The van der Waals surface area contributed by atoms with E-state index in [0.29, 0.717) is 6.54 Å². The summed E-state index contributed by atoms with van der Waals surface area (Å²) >= 11 is 0. The number of aromatic nitrogens is 1. The molecule has 1 rings (SSSR count). The van der Waals surface area contributed by atoms with Crippen molar-refractivity contribution >= 4 is 10.8 Å². The van der Waals surface area contributed by atoms with Crippen molar-refractivity contribution in [2.24, 2.45) is 0 Å². The second-order valence-electron chi connectivity index (χ2n) is 8.05. The predicted octanol–water partition coefficient (Wildman–Crippen LogP) is 6.04. The normalized spacial score (nSPS) is 12.7. The Morgan fingerprint density at radius 2 is 1.40 bits per heavy atom. The highest BCUT2D eigenvalue weighted by molar-refractivity contribution is 7.85. The standard InChI is InChI=1S/C24H43NO4S/c1-2-3-4-5-6-7-8-9-10-11-12-13-14-15-16-17-18-25-23(27)21-22(24(25)28)30(29)20-19-26/h9-10,21,26-28H,2-8,11-20H2,1H3. The van der Waals surface area contributed by atoms with Crippen molar-refractivity contribution in [3.8, 4) is 11.8 Å². The summed E-state index contributed by atoms with van der Waals surface area (Å²) in [5.74, 6) is -0.154. The summed E-state index contributed by atoms with van der Waals surface area (Å²) in [5.41, 5.74) is 0. The summed E-state index contributed by atoms with van der Waals surface area (Å²) in [5, 5.41) is 29.0. The Balaban J connectivity index is 2.03. The molecule has 0 aliphatic carbocycles. The van der Waals surface area contributed by atoms with Gasteiger partial charge in [-0.15, -0.1) is 0 Å². The van der Waals surface area contributed by atoms with E-state index in [4.69, 9.17) is 5.11 Å². The maximum absolute atomic E-state index is 11.9. The van der Waals surface area contributed by atoms with Crippen molar-refractivity contribution in [3.63, 3.8) is 0 Å². The number of hydrogen-bond acceptors (Lipinski definition) is 4. The van der Waals surface area contributed by atoms with Crippen LogP contribution in [0.5, 0.6) is 11.8 Å². The molecule has 0 aromatic carbocycles. The van der Waals surface area contributed by atoms with Gasteiger partial charge in [-0.05, 0) is 32.1 Å². The molecule has 0 radical (unpaired) electrons. The number of allylic oxidation sites excluding steroid dienone is 2. The lowest BCUT2D eigenvalue weighted by Crippen LogP contribution is -2.02. The summed E-state index contributed by atoms with van der Waals surface area (Å²) in [6.45, 7) is 2.55. The molecule has 0 fully saturated rings.